The molecule has 0 unspecified atom stereocenters. The average Bonchev–Trinajstić information content (AvgIpc) is 2.81. The van der Waals surface area contributed by atoms with Crippen molar-refractivity contribution < 1.29 is 9.13 Å². The molecule has 0 radical (unpaired) electrons. The van der Waals surface area contributed by atoms with Crippen LogP contribution in [0.2, 0.25) is 0 Å². The first-order valence-corrected chi connectivity index (χ1v) is 10.5. The maximum atomic E-state index is 13.1. The standard InChI is InChI=1S/C24H23FN4O2/c25-21-6-4-18(5-7-21)19-9-11-28(12-10-19)23-26-16-29(24(30)27-23)15-17-3-8-22-20(14-17)2-1-13-31-22/h3-9,14,16H,1-2,10-13,15H2. The topological polar surface area (TPSA) is 60.2 Å². The Balaban J connectivity index is 1.29. The predicted molar refractivity (Wildman–Crippen MR) is 117 cm³/mol. The number of halogens is 1. The van der Waals surface area contributed by atoms with Crippen molar-refractivity contribution in [3.63, 3.8) is 0 Å². The second-order valence-electron chi connectivity index (χ2n) is 7.89. The van der Waals surface area contributed by atoms with Gasteiger partial charge in [0, 0.05) is 13.1 Å². The molecule has 0 saturated heterocycles. The van der Waals surface area contributed by atoms with Crippen molar-refractivity contribution >= 4 is 11.5 Å². The molecule has 3 heterocycles. The highest BCUT2D eigenvalue weighted by molar-refractivity contribution is 5.68. The molecular weight excluding hydrogens is 395 g/mol. The van der Waals surface area contributed by atoms with Gasteiger partial charge in [-0.15, -0.1) is 0 Å². The van der Waals surface area contributed by atoms with Gasteiger partial charge in [0.1, 0.15) is 17.9 Å². The molecule has 0 amide bonds. The molecule has 0 atom stereocenters. The van der Waals surface area contributed by atoms with Crippen molar-refractivity contribution in [1.82, 2.24) is 14.5 Å². The Kier molecular flexibility index (Phi) is 5.24. The van der Waals surface area contributed by atoms with Crippen molar-refractivity contribution in [2.45, 2.75) is 25.8 Å². The van der Waals surface area contributed by atoms with E-state index in [2.05, 4.69) is 22.1 Å². The molecule has 3 aromatic rings. The normalized spacial score (nSPS) is 15.8. The number of anilines is 1. The number of aryl methyl sites for hydroxylation is 1. The number of ether oxygens (including phenoxy) is 1. The quantitative estimate of drug-likeness (QED) is 0.650. The maximum absolute atomic E-state index is 13.1. The van der Waals surface area contributed by atoms with Gasteiger partial charge in [0.15, 0.2) is 0 Å². The van der Waals surface area contributed by atoms with Gasteiger partial charge in [0.25, 0.3) is 0 Å². The molecule has 6 nitrogen and oxygen atoms in total. The second-order valence-corrected chi connectivity index (χ2v) is 7.89. The first kappa shape index (κ1) is 19.5. The van der Waals surface area contributed by atoms with Gasteiger partial charge in [-0.25, -0.2) is 14.2 Å². The van der Waals surface area contributed by atoms with Gasteiger partial charge in [-0.05, 0) is 59.7 Å². The number of hydrogen-bond acceptors (Lipinski definition) is 5. The van der Waals surface area contributed by atoms with Gasteiger partial charge in [-0.1, -0.05) is 30.3 Å². The lowest BCUT2D eigenvalue weighted by molar-refractivity contribution is 0.288. The third-order valence-electron chi connectivity index (χ3n) is 5.79. The highest BCUT2D eigenvalue weighted by Gasteiger charge is 2.17. The fraction of sp³-hybridized carbons (Fsp3) is 0.292. The maximum Gasteiger partial charge on any atom is 0.352 e. The Morgan fingerprint density at radius 1 is 1.10 bits per heavy atom. The van der Waals surface area contributed by atoms with Crippen LogP contribution in [0.25, 0.3) is 5.57 Å². The van der Waals surface area contributed by atoms with Crippen molar-refractivity contribution in [2.75, 3.05) is 24.6 Å². The van der Waals surface area contributed by atoms with Gasteiger partial charge in [0.05, 0.1) is 13.2 Å². The van der Waals surface area contributed by atoms with Crippen LogP contribution in [0.5, 0.6) is 5.75 Å². The van der Waals surface area contributed by atoms with Crippen LogP contribution >= 0.6 is 0 Å². The number of benzene rings is 2. The summed E-state index contributed by atoms with van der Waals surface area (Å²) in [6.45, 7) is 2.51. The van der Waals surface area contributed by atoms with Gasteiger partial charge < -0.3 is 9.64 Å². The van der Waals surface area contributed by atoms with E-state index in [1.54, 1.807) is 18.5 Å². The first-order valence-electron chi connectivity index (χ1n) is 10.5. The summed E-state index contributed by atoms with van der Waals surface area (Å²) in [4.78, 5) is 23.2. The Morgan fingerprint density at radius 2 is 1.97 bits per heavy atom. The molecule has 2 aromatic carbocycles. The van der Waals surface area contributed by atoms with E-state index in [0.29, 0.717) is 25.6 Å². The molecule has 1 aromatic heterocycles. The van der Waals surface area contributed by atoms with E-state index in [1.807, 2.05) is 17.0 Å². The summed E-state index contributed by atoms with van der Waals surface area (Å²) < 4.78 is 20.3. The summed E-state index contributed by atoms with van der Waals surface area (Å²) in [5.74, 6) is 1.14. The van der Waals surface area contributed by atoms with Crippen LogP contribution in [-0.4, -0.2) is 34.2 Å². The lowest BCUT2D eigenvalue weighted by atomic mass is 10.00. The Labute approximate surface area is 179 Å². The molecule has 0 spiro atoms. The van der Waals surface area contributed by atoms with Crippen LogP contribution in [-0.2, 0) is 13.0 Å². The molecule has 2 aliphatic heterocycles. The third-order valence-corrected chi connectivity index (χ3v) is 5.79. The molecule has 2 aliphatic rings. The molecule has 31 heavy (non-hydrogen) atoms. The van der Waals surface area contributed by atoms with Crippen LogP contribution in [0, 0.1) is 5.82 Å². The van der Waals surface area contributed by atoms with Crippen molar-refractivity contribution in [1.29, 1.82) is 0 Å². The fourth-order valence-electron chi connectivity index (χ4n) is 4.10. The zero-order valence-corrected chi connectivity index (χ0v) is 17.1. The molecular formula is C24H23FN4O2. The SMILES string of the molecule is O=c1nc(N2CC=C(c3ccc(F)cc3)CC2)ncn1Cc1ccc2c(c1)CCCO2. The Morgan fingerprint density at radius 3 is 2.74 bits per heavy atom. The lowest BCUT2D eigenvalue weighted by Crippen LogP contribution is -2.34. The third kappa shape index (κ3) is 4.21. The van der Waals surface area contributed by atoms with E-state index in [0.717, 1.165) is 42.7 Å². The van der Waals surface area contributed by atoms with Crippen LogP contribution in [0.1, 0.15) is 29.5 Å². The van der Waals surface area contributed by atoms with Crippen molar-refractivity contribution in [3.05, 3.63) is 87.9 Å². The van der Waals surface area contributed by atoms with E-state index >= 15 is 0 Å². The number of fused-ring (bicyclic) bond motifs is 1. The van der Waals surface area contributed by atoms with Crippen molar-refractivity contribution in [3.8, 4) is 5.75 Å². The van der Waals surface area contributed by atoms with E-state index in [4.69, 9.17) is 4.74 Å². The van der Waals surface area contributed by atoms with Gasteiger partial charge in [0.2, 0.25) is 5.95 Å². The second kappa shape index (κ2) is 8.34. The van der Waals surface area contributed by atoms with E-state index in [1.165, 1.54) is 27.8 Å². The Bertz CT molecular complexity index is 1190. The van der Waals surface area contributed by atoms with Gasteiger partial charge in [-0.3, -0.25) is 4.57 Å². The smallest absolute Gasteiger partial charge is 0.352 e. The summed E-state index contributed by atoms with van der Waals surface area (Å²) in [7, 11) is 0. The van der Waals surface area contributed by atoms with E-state index < -0.39 is 0 Å². The minimum absolute atomic E-state index is 0.237. The lowest BCUT2D eigenvalue weighted by Gasteiger charge is -2.26. The van der Waals surface area contributed by atoms with Crippen LogP contribution in [0.15, 0.2) is 59.7 Å². The monoisotopic (exact) mass is 418 g/mol. The first-order chi connectivity index (χ1) is 15.2. The highest BCUT2D eigenvalue weighted by atomic mass is 19.1. The number of rotatable bonds is 4. The summed E-state index contributed by atoms with van der Waals surface area (Å²) in [6, 6.07) is 12.6. The fourth-order valence-corrected chi connectivity index (χ4v) is 4.10. The minimum atomic E-state index is -0.313. The molecule has 0 N–H and O–H groups in total. The molecule has 0 aliphatic carbocycles. The van der Waals surface area contributed by atoms with Gasteiger partial charge >= 0.3 is 5.69 Å². The molecule has 5 rings (SSSR count). The van der Waals surface area contributed by atoms with E-state index in [9.17, 15) is 9.18 Å². The van der Waals surface area contributed by atoms with E-state index in [-0.39, 0.29) is 11.5 Å². The van der Waals surface area contributed by atoms with Crippen LogP contribution < -0.4 is 15.3 Å². The molecule has 7 heteroatoms. The Hall–Kier alpha value is -3.48. The summed E-state index contributed by atoms with van der Waals surface area (Å²) in [5, 5.41) is 0. The summed E-state index contributed by atoms with van der Waals surface area (Å²) in [5.41, 5.74) is 4.10. The number of aromatic nitrogens is 3. The van der Waals surface area contributed by atoms with Crippen LogP contribution in [0.3, 0.4) is 0 Å². The van der Waals surface area contributed by atoms with Gasteiger partial charge in [-0.2, -0.15) is 4.98 Å². The zero-order valence-electron chi connectivity index (χ0n) is 17.1. The largest absolute Gasteiger partial charge is 0.493 e. The number of nitrogens with zero attached hydrogens (tertiary/aromatic N) is 4. The average molecular weight is 418 g/mol. The summed E-state index contributed by atoms with van der Waals surface area (Å²) in [6.07, 6.45) is 6.45. The molecule has 0 saturated carbocycles. The minimum Gasteiger partial charge on any atom is -0.493 e. The highest BCUT2D eigenvalue weighted by Crippen LogP contribution is 2.26. The van der Waals surface area contributed by atoms with Crippen molar-refractivity contribution in [2.24, 2.45) is 0 Å². The predicted octanol–water partition coefficient (Wildman–Crippen LogP) is 3.44. The summed E-state index contributed by atoms with van der Waals surface area (Å²) >= 11 is 0. The molecule has 0 bridgehead atoms. The van der Waals surface area contributed by atoms with Crippen LogP contribution in [0.4, 0.5) is 10.3 Å². The number of hydrogen-bond donors (Lipinski definition) is 0. The molecule has 158 valence electrons. The zero-order chi connectivity index (χ0) is 21.2. The molecule has 0 fully saturated rings.